The fourth-order valence-electron chi connectivity index (χ4n) is 1.49. The highest BCUT2D eigenvalue weighted by Gasteiger charge is 2.04. The van der Waals surface area contributed by atoms with Gasteiger partial charge in [-0.1, -0.05) is 17.7 Å². The van der Waals surface area contributed by atoms with Gasteiger partial charge in [-0.3, -0.25) is 0 Å². The molecule has 0 saturated heterocycles. The van der Waals surface area contributed by atoms with Crippen LogP contribution in [0.15, 0.2) is 36.4 Å². The molecule has 0 amide bonds. The third-order valence-corrected chi connectivity index (χ3v) is 3.66. The van der Waals surface area contributed by atoms with Crippen LogP contribution in [0.5, 0.6) is 0 Å². The molecule has 0 aromatic heterocycles. The first-order chi connectivity index (χ1) is 8.56. The second-order valence-corrected chi connectivity index (χ2v) is 5.28. The molecule has 0 fully saturated rings. The van der Waals surface area contributed by atoms with Crippen LogP contribution in [0.25, 0.3) is 0 Å². The van der Waals surface area contributed by atoms with Gasteiger partial charge in [-0.05, 0) is 58.5 Å². The summed E-state index contributed by atoms with van der Waals surface area (Å²) in [7, 11) is 0. The van der Waals surface area contributed by atoms with Crippen LogP contribution < -0.4 is 5.32 Å². The summed E-state index contributed by atoms with van der Waals surface area (Å²) in [6, 6.07) is 8.74. The topological polar surface area (TPSA) is 12.0 Å². The summed E-state index contributed by atoms with van der Waals surface area (Å²) < 4.78 is 26.6. The molecule has 5 heteroatoms. The highest BCUT2D eigenvalue weighted by molar-refractivity contribution is 14.1. The van der Waals surface area contributed by atoms with Gasteiger partial charge in [0, 0.05) is 20.8 Å². The maximum atomic E-state index is 12.9. The minimum atomic E-state index is -0.361. The third kappa shape index (κ3) is 3.32. The normalized spacial score (nSPS) is 10.4. The van der Waals surface area contributed by atoms with Gasteiger partial charge in [-0.2, -0.15) is 0 Å². The van der Waals surface area contributed by atoms with E-state index in [0.717, 1.165) is 14.8 Å². The van der Waals surface area contributed by atoms with Crippen molar-refractivity contribution >= 4 is 39.9 Å². The number of halogens is 4. The van der Waals surface area contributed by atoms with Gasteiger partial charge >= 0.3 is 0 Å². The first kappa shape index (κ1) is 13.5. The Kier molecular flexibility index (Phi) is 4.40. The van der Waals surface area contributed by atoms with E-state index in [9.17, 15) is 8.78 Å². The van der Waals surface area contributed by atoms with Crippen molar-refractivity contribution in [2.45, 2.75) is 6.54 Å². The second-order valence-electron chi connectivity index (χ2n) is 3.71. The Hall–Kier alpha value is -0.880. The highest BCUT2D eigenvalue weighted by Crippen LogP contribution is 2.22. The number of benzene rings is 2. The monoisotopic (exact) mass is 379 g/mol. The van der Waals surface area contributed by atoms with Gasteiger partial charge in [0.15, 0.2) is 0 Å². The van der Waals surface area contributed by atoms with Crippen molar-refractivity contribution in [3.05, 3.63) is 62.2 Å². The summed E-state index contributed by atoms with van der Waals surface area (Å²) in [6.07, 6.45) is 0. The summed E-state index contributed by atoms with van der Waals surface area (Å²) in [5.74, 6) is -0.634. The molecular formula is C13H9ClF2IN. The summed E-state index contributed by atoms with van der Waals surface area (Å²) in [6.45, 7) is 0.459. The maximum absolute atomic E-state index is 12.9. The minimum absolute atomic E-state index is 0.273. The summed E-state index contributed by atoms with van der Waals surface area (Å²) in [4.78, 5) is 0. The number of rotatable bonds is 3. The molecule has 2 aromatic carbocycles. The summed E-state index contributed by atoms with van der Waals surface area (Å²) in [5.41, 5.74) is 1.61. The molecule has 0 radical (unpaired) electrons. The molecule has 1 N–H and O–H groups in total. The summed E-state index contributed by atoms with van der Waals surface area (Å²) in [5, 5.41) is 3.51. The minimum Gasteiger partial charge on any atom is -0.380 e. The van der Waals surface area contributed by atoms with Gasteiger partial charge in [0.1, 0.15) is 11.6 Å². The Labute approximate surface area is 122 Å². The molecule has 0 unspecified atom stereocenters. The van der Waals surface area contributed by atoms with E-state index in [2.05, 4.69) is 5.32 Å². The number of anilines is 1. The Morgan fingerprint density at radius 1 is 1.06 bits per heavy atom. The predicted molar refractivity (Wildman–Crippen MR) is 77.9 cm³/mol. The van der Waals surface area contributed by atoms with Crippen molar-refractivity contribution in [2.24, 2.45) is 0 Å². The van der Waals surface area contributed by atoms with E-state index in [1.165, 1.54) is 24.3 Å². The zero-order valence-electron chi connectivity index (χ0n) is 9.18. The SMILES string of the molecule is Fc1ccc(CNc2ccc(F)cc2I)c(Cl)c1. The van der Waals surface area contributed by atoms with E-state index in [1.54, 1.807) is 12.1 Å². The molecule has 2 rings (SSSR count). The van der Waals surface area contributed by atoms with Crippen LogP contribution in [-0.4, -0.2) is 0 Å². The van der Waals surface area contributed by atoms with Crippen LogP contribution in [0.1, 0.15) is 5.56 Å². The van der Waals surface area contributed by atoms with E-state index >= 15 is 0 Å². The fourth-order valence-corrected chi connectivity index (χ4v) is 2.39. The van der Waals surface area contributed by atoms with Crippen LogP contribution in [0.4, 0.5) is 14.5 Å². The van der Waals surface area contributed by atoms with Crippen molar-refractivity contribution in [1.82, 2.24) is 0 Å². The molecule has 0 aliphatic carbocycles. The molecule has 0 spiro atoms. The first-order valence-corrected chi connectivity index (χ1v) is 6.65. The molecule has 2 aromatic rings. The zero-order chi connectivity index (χ0) is 13.1. The van der Waals surface area contributed by atoms with Gasteiger partial charge < -0.3 is 5.32 Å². The van der Waals surface area contributed by atoms with E-state index in [4.69, 9.17) is 11.6 Å². The number of hydrogen-bond donors (Lipinski definition) is 1. The van der Waals surface area contributed by atoms with Crippen molar-refractivity contribution < 1.29 is 8.78 Å². The molecular weight excluding hydrogens is 371 g/mol. The van der Waals surface area contributed by atoms with E-state index < -0.39 is 0 Å². The Morgan fingerprint density at radius 3 is 2.39 bits per heavy atom. The molecule has 0 bridgehead atoms. The van der Waals surface area contributed by atoms with E-state index in [1.807, 2.05) is 22.6 Å². The van der Waals surface area contributed by atoms with Crippen LogP contribution in [0.3, 0.4) is 0 Å². The first-order valence-electron chi connectivity index (χ1n) is 5.19. The largest absolute Gasteiger partial charge is 0.380 e. The number of nitrogens with one attached hydrogen (secondary N) is 1. The molecule has 1 nitrogen and oxygen atoms in total. The Morgan fingerprint density at radius 2 is 1.72 bits per heavy atom. The molecule has 0 heterocycles. The van der Waals surface area contributed by atoms with E-state index in [-0.39, 0.29) is 11.6 Å². The smallest absolute Gasteiger partial charge is 0.124 e. The predicted octanol–water partition coefficient (Wildman–Crippen LogP) is 4.83. The fraction of sp³-hybridized carbons (Fsp3) is 0.0769. The molecule has 0 aliphatic rings. The van der Waals surface area contributed by atoms with E-state index in [0.29, 0.717) is 11.6 Å². The number of hydrogen-bond acceptors (Lipinski definition) is 1. The van der Waals surface area contributed by atoms with Crippen molar-refractivity contribution in [1.29, 1.82) is 0 Å². The lowest BCUT2D eigenvalue weighted by molar-refractivity contribution is 0.626. The van der Waals surface area contributed by atoms with Gasteiger partial charge in [0.25, 0.3) is 0 Å². The standard InChI is InChI=1S/C13H9ClF2IN/c14-11-5-9(15)2-1-8(11)7-18-13-4-3-10(16)6-12(13)17/h1-6,18H,7H2. The maximum Gasteiger partial charge on any atom is 0.124 e. The van der Waals surface area contributed by atoms with Gasteiger partial charge in [-0.15, -0.1) is 0 Å². The van der Waals surface area contributed by atoms with Gasteiger partial charge in [0.05, 0.1) is 0 Å². The quantitative estimate of drug-likeness (QED) is 0.753. The third-order valence-electron chi connectivity index (χ3n) is 2.42. The highest BCUT2D eigenvalue weighted by atomic mass is 127. The van der Waals surface area contributed by atoms with Gasteiger partial charge in [-0.25, -0.2) is 8.78 Å². The van der Waals surface area contributed by atoms with Crippen molar-refractivity contribution in [2.75, 3.05) is 5.32 Å². The van der Waals surface area contributed by atoms with Crippen LogP contribution in [0, 0.1) is 15.2 Å². The molecule has 0 saturated carbocycles. The summed E-state index contributed by atoms with van der Waals surface area (Å²) >= 11 is 7.97. The second kappa shape index (κ2) is 5.84. The lowest BCUT2D eigenvalue weighted by Gasteiger charge is -2.10. The van der Waals surface area contributed by atoms with Crippen LogP contribution in [0.2, 0.25) is 5.02 Å². The van der Waals surface area contributed by atoms with Gasteiger partial charge in [0.2, 0.25) is 0 Å². The Balaban J connectivity index is 2.11. The lowest BCUT2D eigenvalue weighted by Crippen LogP contribution is -2.02. The van der Waals surface area contributed by atoms with Crippen molar-refractivity contribution in [3.63, 3.8) is 0 Å². The Bertz CT molecular complexity index is 523. The molecule has 94 valence electrons. The van der Waals surface area contributed by atoms with Crippen LogP contribution >= 0.6 is 34.2 Å². The zero-order valence-corrected chi connectivity index (χ0v) is 12.1. The lowest BCUT2D eigenvalue weighted by atomic mass is 10.2. The average Bonchev–Trinajstić information content (AvgIpc) is 2.30. The van der Waals surface area contributed by atoms with Crippen molar-refractivity contribution in [3.8, 4) is 0 Å². The molecule has 18 heavy (non-hydrogen) atoms. The van der Waals surface area contributed by atoms with Crippen LogP contribution in [-0.2, 0) is 6.54 Å². The molecule has 0 aliphatic heterocycles. The average molecular weight is 380 g/mol. The molecule has 0 atom stereocenters.